The smallest absolute Gasteiger partial charge is 0.316 e. The Morgan fingerprint density at radius 3 is 1.77 bits per heavy atom. The quantitative estimate of drug-likeness (QED) is 0.273. The summed E-state index contributed by atoms with van der Waals surface area (Å²) in [5.74, 6) is 0. The van der Waals surface area contributed by atoms with Crippen LogP contribution in [0.3, 0.4) is 0 Å². The number of hydrogen-bond donors (Lipinski definition) is 0. The standard InChI is InChI=1S/C14H31NO5P2/c1-4-7-9-16-11-13-19-22(15-21-18-6-3)20-14-12-17-10-8-5-2/h4-14H2,1-3H3. The van der Waals surface area contributed by atoms with Crippen LogP contribution in [0.5, 0.6) is 0 Å². The van der Waals surface area contributed by atoms with Crippen LogP contribution in [0, 0.1) is 0 Å². The topological polar surface area (TPSA) is 58.5 Å². The normalized spacial score (nSPS) is 11.8. The average molecular weight is 355 g/mol. The van der Waals surface area contributed by atoms with Gasteiger partial charge in [0.05, 0.1) is 33.0 Å². The van der Waals surface area contributed by atoms with Crippen molar-refractivity contribution in [1.82, 2.24) is 0 Å². The fraction of sp³-hybridized carbons (Fsp3) is 1.00. The Morgan fingerprint density at radius 2 is 1.32 bits per heavy atom. The molecule has 0 aromatic rings. The number of rotatable bonds is 17. The lowest BCUT2D eigenvalue weighted by Gasteiger charge is -2.12. The number of ether oxygens (including phenoxy) is 2. The Bertz CT molecular complexity index is 231. The van der Waals surface area contributed by atoms with Crippen molar-refractivity contribution >= 4 is 17.1 Å². The molecule has 0 amide bonds. The van der Waals surface area contributed by atoms with Crippen molar-refractivity contribution in [3.8, 4) is 0 Å². The Balaban J connectivity index is 3.74. The SMILES string of the molecule is CCCCOCCOP(N=POCC)OCCOCCCC. The van der Waals surface area contributed by atoms with E-state index in [9.17, 15) is 0 Å². The molecule has 0 aromatic heterocycles. The van der Waals surface area contributed by atoms with Gasteiger partial charge in [-0.05, 0) is 19.8 Å². The van der Waals surface area contributed by atoms with Crippen LogP contribution in [0.2, 0.25) is 0 Å². The molecule has 132 valence electrons. The molecule has 0 N–H and O–H groups in total. The van der Waals surface area contributed by atoms with Crippen LogP contribution in [-0.2, 0) is 23.0 Å². The molecular formula is C14H31NO5P2. The lowest BCUT2D eigenvalue weighted by atomic mass is 10.4. The second kappa shape index (κ2) is 19.4. The number of hydrogen-bond acceptors (Lipinski definition) is 6. The van der Waals surface area contributed by atoms with Crippen molar-refractivity contribution in [3.05, 3.63) is 0 Å². The highest BCUT2D eigenvalue weighted by molar-refractivity contribution is 7.50. The van der Waals surface area contributed by atoms with E-state index in [-0.39, 0.29) is 0 Å². The minimum atomic E-state index is -1.29. The van der Waals surface area contributed by atoms with Gasteiger partial charge in [-0.3, -0.25) is 0 Å². The molecule has 0 aliphatic heterocycles. The first-order valence-electron chi connectivity index (χ1n) is 8.09. The zero-order valence-electron chi connectivity index (χ0n) is 14.2. The molecule has 0 bridgehead atoms. The maximum atomic E-state index is 5.61. The fourth-order valence-electron chi connectivity index (χ4n) is 1.25. The van der Waals surface area contributed by atoms with Crippen molar-refractivity contribution in [2.24, 2.45) is 4.52 Å². The molecule has 0 aromatic carbocycles. The summed E-state index contributed by atoms with van der Waals surface area (Å²) in [5.41, 5.74) is 0. The minimum absolute atomic E-state index is 0.483. The largest absolute Gasteiger partial charge is 0.379 e. The Kier molecular flexibility index (Phi) is 19.7. The molecule has 0 aliphatic rings. The van der Waals surface area contributed by atoms with Gasteiger partial charge in [0.2, 0.25) is 0 Å². The van der Waals surface area contributed by atoms with Crippen molar-refractivity contribution in [3.63, 3.8) is 0 Å². The van der Waals surface area contributed by atoms with E-state index < -0.39 is 8.53 Å². The molecule has 0 radical (unpaired) electrons. The van der Waals surface area contributed by atoms with Crippen molar-refractivity contribution in [1.29, 1.82) is 0 Å². The van der Waals surface area contributed by atoms with Gasteiger partial charge in [-0.2, -0.15) is 4.52 Å². The Morgan fingerprint density at radius 1 is 0.773 bits per heavy atom. The van der Waals surface area contributed by atoms with Crippen LogP contribution in [-0.4, -0.2) is 46.2 Å². The van der Waals surface area contributed by atoms with Gasteiger partial charge in [-0.25, -0.2) is 0 Å². The third-order valence-electron chi connectivity index (χ3n) is 2.44. The molecule has 22 heavy (non-hydrogen) atoms. The van der Waals surface area contributed by atoms with E-state index in [1.54, 1.807) is 0 Å². The lowest BCUT2D eigenvalue weighted by Crippen LogP contribution is -2.06. The van der Waals surface area contributed by atoms with E-state index in [0.717, 1.165) is 38.9 Å². The second-order valence-electron chi connectivity index (χ2n) is 4.43. The van der Waals surface area contributed by atoms with Crippen LogP contribution in [0.4, 0.5) is 0 Å². The fourth-order valence-corrected chi connectivity index (χ4v) is 2.76. The third-order valence-corrected chi connectivity index (χ3v) is 4.50. The summed E-state index contributed by atoms with van der Waals surface area (Å²) in [6.07, 6.45) is 4.43. The van der Waals surface area contributed by atoms with Gasteiger partial charge >= 0.3 is 8.53 Å². The summed E-state index contributed by atoms with van der Waals surface area (Å²) in [6, 6.07) is 0. The molecule has 0 fully saturated rings. The maximum absolute atomic E-state index is 5.61. The summed E-state index contributed by atoms with van der Waals surface area (Å²) in [5, 5.41) is 0. The van der Waals surface area contributed by atoms with Gasteiger partial charge < -0.3 is 23.0 Å². The highest BCUT2D eigenvalue weighted by Gasteiger charge is 2.09. The van der Waals surface area contributed by atoms with Gasteiger partial charge in [0.25, 0.3) is 0 Å². The van der Waals surface area contributed by atoms with Crippen molar-refractivity contribution < 1.29 is 23.0 Å². The first-order valence-corrected chi connectivity index (χ1v) is 9.99. The molecule has 0 unspecified atom stereocenters. The zero-order valence-corrected chi connectivity index (χ0v) is 15.9. The van der Waals surface area contributed by atoms with Crippen LogP contribution in [0.25, 0.3) is 0 Å². The summed E-state index contributed by atoms with van der Waals surface area (Å²) in [4.78, 5) is 0. The zero-order chi connectivity index (χ0) is 16.3. The van der Waals surface area contributed by atoms with Gasteiger partial charge in [-0.1, -0.05) is 26.7 Å². The molecular weight excluding hydrogens is 324 g/mol. The first-order chi connectivity index (χ1) is 10.8. The maximum Gasteiger partial charge on any atom is 0.316 e. The molecule has 0 rings (SSSR count). The van der Waals surface area contributed by atoms with E-state index in [0.29, 0.717) is 41.6 Å². The highest BCUT2D eigenvalue weighted by atomic mass is 31.2. The summed E-state index contributed by atoms with van der Waals surface area (Å²) in [7, 11) is -0.750. The van der Waals surface area contributed by atoms with Gasteiger partial charge in [0.1, 0.15) is 0 Å². The van der Waals surface area contributed by atoms with Gasteiger partial charge in [0, 0.05) is 13.2 Å². The minimum Gasteiger partial charge on any atom is -0.379 e. The van der Waals surface area contributed by atoms with E-state index >= 15 is 0 Å². The molecule has 8 heteroatoms. The molecule has 0 heterocycles. The molecule has 0 aliphatic carbocycles. The van der Waals surface area contributed by atoms with E-state index in [1.165, 1.54) is 0 Å². The molecule has 6 nitrogen and oxygen atoms in total. The second-order valence-corrected chi connectivity index (χ2v) is 6.55. The summed E-state index contributed by atoms with van der Waals surface area (Å²) < 4.78 is 31.5. The van der Waals surface area contributed by atoms with Crippen LogP contribution < -0.4 is 0 Å². The molecule has 0 saturated heterocycles. The van der Waals surface area contributed by atoms with E-state index in [4.69, 9.17) is 23.0 Å². The average Bonchev–Trinajstić information content (AvgIpc) is 2.53. The Labute approximate surface area is 138 Å². The molecule has 0 saturated carbocycles. The van der Waals surface area contributed by atoms with Crippen LogP contribution in [0.1, 0.15) is 46.5 Å². The first kappa shape index (κ1) is 22.3. The van der Waals surface area contributed by atoms with E-state index in [2.05, 4.69) is 18.4 Å². The number of nitrogens with zero attached hydrogens (tertiary/aromatic N) is 1. The monoisotopic (exact) mass is 355 g/mol. The van der Waals surface area contributed by atoms with Gasteiger partial charge in [-0.15, -0.1) is 0 Å². The Hall–Kier alpha value is 0.330. The predicted octanol–water partition coefficient (Wildman–Crippen LogP) is 4.96. The van der Waals surface area contributed by atoms with E-state index in [1.807, 2.05) is 6.92 Å². The lowest BCUT2D eigenvalue weighted by molar-refractivity contribution is 0.0819. The van der Waals surface area contributed by atoms with Crippen molar-refractivity contribution in [2.45, 2.75) is 46.5 Å². The van der Waals surface area contributed by atoms with Crippen LogP contribution >= 0.6 is 17.1 Å². The van der Waals surface area contributed by atoms with Gasteiger partial charge in [0.15, 0.2) is 8.60 Å². The van der Waals surface area contributed by atoms with Crippen LogP contribution in [0.15, 0.2) is 4.52 Å². The molecule has 0 spiro atoms. The number of unbranched alkanes of at least 4 members (excludes halogenated alkanes) is 2. The van der Waals surface area contributed by atoms with Crippen molar-refractivity contribution in [2.75, 3.05) is 46.2 Å². The molecule has 0 atom stereocenters. The summed E-state index contributed by atoms with van der Waals surface area (Å²) in [6.45, 7) is 10.5. The summed E-state index contributed by atoms with van der Waals surface area (Å²) >= 11 is 0. The third kappa shape index (κ3) is 16.7. The predicted molar refractivity (Wildman–Crippen MR) is 91.3 cm³/mol. The highest BCUT2D eigenvalue weighted by Crippen LogP contribution is 2.42.